The van der Waals surface area contributed by atoms with Crippen LogP contribution in [0.25, 0.3) is 0 Å². The molecule has 4 aromatic rings. The highest BCUT2D eigenvalue weighted by Crippen LogP contribution is 2.66. The maximum atomic E-state index is 14.4. The van der Waals surface area contributed by atoms with Gasteiger partial charge in [-0.1, -0.05) is 113 Å². The Balaban J connectivity index is 0.992. The second-order valence-corrected chi connectivity index (χ2v) is 21.9. The van der Waals surface area contributed by atoms with Gasteiger partial charge in [-0.05, 0) is 122 Å². The van der Waals surface area contributed by atoms with Crippen LogP contribution in [-0.2, 0) is 73.8 Å². The number of nitrogens with one attached hydrogen (secondary N) is 4. The number of ether oxygens (including phenoxy) is 6. The highest BCUT2D eigenvalue weighted by atomic mass is 16.6. The summed E-state index contributed by atoms with van der Waals surface area (Å²) in [7, 11) is 2.48. The number of esters is 4. The van der Waals surface area contributed by atoms with E-state index in [1.54, 1.807) is 72.8 Å². The molecule has 18 heteroatoms. The molecule has 4 bridgehead atoms. The number of benzene rings is 4. The van der Waals surface area contributed by atoms with E-state index in [0.717, 1.165) is 17.5 Å². The molecule has 4 aliphatic rings. The van der Waals surface area contributed by atoms with E-state index < -0.39 is 82.9 Å². The zero-order chi connectivity index (χ0) is 56.0. The monoisotopic (exact) mass is 1070 g/mol. The van der Waals surface area contributed by atoms with Gasteiger partial charge in [-0.25, -0.2) is 19.2 Å². The van der Waals surface area contributed by atoms with E-state index in [1.807, 2.05) is 64.1 Å². The molecule has 0 unspecified atom stereocenters. The number of carbonyl (C=O) groups excluding carboxylic acids is 8. The zero-order valence-electron chi connectivity index (χ0n) is 45.2. The molecular weight excluding hydrogens is 1000 g/mol. The van der Waals surface area contributed by atoms with Crippen LogP contribution >= 0.6 is 0 Å². The number of amides is 4. The SMILES string of the molecule is COC(=O)[C@H](CC(C)C)NC(=O)[C@H](Cc1ccc(OC(=O)C23CC4CC(C2)CC(C(=O)Oc2ccc(C[C@H](NC(=O)OCc5ccccc5)C(=O)N[C@@H](CC(C)C)C(=O)OC)cc2)(C4)C3)cc1)NC(=O)OCc1ccccc1. The van der Waals surface area contributed by atoms with Crippen molar-refractivity contribution in [2.75, 3.05) is 14.2 Å². The van der Waals surface area contributed by atoms with E-state index in [2.05, 4.69) is 21.3 Å². The van der Waals surface area contributed by atoms with Gasteiger partial charge in [0.15, 0.2) is 0 Å². The fourth-order valence-corrected chi connectivity index (χ4v) is 11.5. The Morgan fingerprint density at radius 1 is 0.474 bits per heavy atom. The summed E-state index contributed by atoms with van der Waals surface area (Å²) in [4.78, 5) is 108. The van der Waals surface area contributed by atoms with Gasteiger partial charge >= 0.3 is 36.1 Å². The number of hydrogen-bond acceptors (Lipinski definition) is 14. The van der Waals surface area contributed by atoms with Crippen molar-refractivity contribution in [3.63, 3.8) is 0 Å². The van der Waals surface area contributed by atoms with Crippen LogP contribution in [0, 0.1) is 34.5 Å². The Morgan fingerprint density at radius 3 is 1.17 bits per heavy atom. The largest absolute Gasteiger partial charge is 0.467 e. The molecule has 4 atom stereocenters. The lowest BCUT2D eigenvalue weighted by Crippen LogP contribution is -2.59. The van der Waals surface area contributed by atoms with Gasteiger partial charge in [0.2, 0.25) is 11.8 Å². The summed E-state index contributed by atoms with van der Waals surface area (Å²) in [5.41, 5.74) is 0.912. The smallest absolute Gasteiger partial charge is 0.408 e. The van der Waals surface area contributed by atoms with Gasteiger partial charge in [0.05, 0.1) is 25.0 Å². The van der Waals surface area contributed by atoms with Crippen molar-refractivity contribution in [3.8, 4) is 11.5 Å². The summed E-state index contributed by atoms with van der Waals surface area (Å²) in [6, 6.07) is 27.2. The normalized spacial score (nSPS) is 20.5. The quantitative estimate of drug-likeness (QED) is 0.0297. The minimum absolute atomic E-state index is 0.00898. The van der Waals surface area contributed by atoms with Crippen LogP contribution in [-0.4, -0.2) is 86.3 Å². The van der Waals surface area contributed by atoms with Crippen LogP contribution in [0.3, 0.4) is 0 Å². The zero-order valence-corrected chi connectivity index (χ0v) is 45.2. The molecule has 78 heavy (non-hydrogen) atoms. The van der Waals surface area contributed by atoms with Crippen molar-refractivity contribution < 1.29 is 66.8 Å². The van der Waals surface area contributed by atoms with Gasteiger partial charge < -0.3 is 49.7 Å². The van der Waals surface area contributed by atoms with Crippen LogP contribution in [0.1, 0.15) is 101 Å². The lowest BCUT2D eigenvalue weighted by molar-refractivity contribution is -0.183. The molecule has 4 aliphatic carbocycles. The van der Waals surface area contributed by atoms with E-state index in [1.165, 1.54) is 14.2 Å². The molecule has 4 fully saturated rings. The summed E-state index contributed by atoms with van der Waals surface area (Å²) >= 11 is 0. The standard InChI is InChI=1S/C60H72N4O14/c1-37(2)25-49(53(67)73-5)61-51(65)47(63-57(71)75-34-41-13-9-7-10-14-41)28-39-17-21-45(22-18-39)77-55(69)59-30-43-27-44(31-59)33-60(32-43,36-59)56(70)78-46-23-19-40(20-24-46)29-48(52(66)62-50(26-38(3)4)54(68)74-6)64-58(72)76-35-42-15-11-8-12-16-42/h7-24,37-38,43-44,47-50H,25-36H2,1-6H3,(H,61,65)(H,62,66)(H,63,71)(H,64,72)/t43?,44?,47-,48-,49-,50-,59?,60?/m0/s1. The van der Waals surface area contributed by atoms with E-state index in [4.69, 9.17) is 28.4 Å². The molecule has 0 aliphatic heterocycles. The minimum atomic E-state index is -1.15. The van der Waals surface area contributed by atoms with Crippen molar-refractivity contribution in [1.29, 1.82) is 0 Å². The summed E-state index contributed by atoms with van der Waals surface area (Å²) in [5.74, 6) is -2.45. The third kappa shape index (κ3) is 15.7. The fraction of sp³-hybridized carbons (Fsp3) is 0.467. The van der Waals surface area contributed by atoms with E-state index in [-0.39, 0.29) is 67.6 Å². The first-order valence-electron chi connectivity index (χ1n) is 26.7. The Bertz CT molecular complexity index is 2540. The molecule has 4 amide bonds. The molecule has 0 heterocycles. The molecule has 8 rings (SSSR count). The van der Waals surface area contributed by atoms with Crippen LogP contribution in [0.15, 0.2) is 109 Å². The Labute approximate surface area is 455 Å². The molecule has 18 nitrogen and oxygen atoms in total. The molecule has 0 saturated heterocycles. The maximum Gasteiger partial charge on any atom is 0.408 e. The Morgan fingerprint density at radius 2 is 0.833 bits per heavy atom. The van der Waals surface area contributed by atoms with Gasteiger partial charge in [-0.15, -0.1) is 0 Å². The highest BCUT2D eigenvalue weighted by Gasteiger charge is 2.64. The van der Waals surface area contributed by atoms with Crippen LogP contribution < -0.4 is 30.7 Å². The van der Waals surface area contributed by atoms with Gasteiger partial charge in [-0.3, -0.25) is 19.2 Å². The second-order valence-electron chi connectivity index (χ2n) is 21.9. The predicted molar refractivity (Wildman–Crippen MR) is 285 cm³/mol. The van der Waals surface area contributed by atoms with Crippen molar-refractivity contribution >= 4 is 47.9 Å². The molecule has 0 spiro atoms. The van der Waals surface area contributed by atoms with E-state index >= 15 is 0 Å². The molecule has 4 saturated carbocycles. The fourth-order valence-electron chi connectivity index (χ4n) is 11.5. The van der Waals surface area contributed by atoms with Gasteiger partial charge in [0.25, 0.3) is 0 Å². The number of alkyl carbamates (subject to hydrolysis) is 2. The van der Waals surface area contributed by atoms with Gasteiger partial charge in [-0.2, -0.15) is 0 Å². The third-order valence-electron chi connectivity index (χ3n) is 14.7. The molecular formula is C60H72N4O14. The Kier molecular flexibility index (Phi) is 19.7. The van der Waals surface area contributed by atoms with Crippen molar-refractivity contribution in [3.05, 3.63) is 131 Å². The van der Waals surface area contributed by atoms with Crippen LogP contribution in [0.2, 0.25) is 0 Å². The third-order valence-corrected chi connectivity index (χ3v) is 14.7. The first-order valence-corrected chi connectivity index (χ1v) is 26.7. The van der Waals surface area contributed by atoms with Crippen LogP contribution in [0.5, 0.6) is 11.5 Å². The summed E-state index contributed by atoms with van der Waals surface area (Å²) in [6.07, 6.45) is 2.47. The number of methoxy groups -OCH3 is 2. The van der Waals surface area contributed by atoms with E-state index in [9.17, 15) is 38.4 Å². The summed E-state index contributed by atoms with van der Waals surface area (Å²) in [5, 5.41) is 10.8. The number of hydrogen-bond donors (Lipinski definition) is 4. The lowest BCUT2D eigenvalue weighted by Gasteiger charge is -2.59. The van der Waals surface area contributed by atoms with Crippen molar-refractivity contribution in [1.82, 2.24) is 21.3 Å². The van der Waals surface area contributed by atoms with Crippen molar-refractivity contribution in [2.45, 2.75) is 129 Å². The topological polar surface area (TPSA) is 240 Å². The molecule has 0 radical (unpaired) electrons. The molecule has 416 valence electrons. The van der Waals surface area contributed by atoms with Crippen molar-refractivity contribution in [2.24, 2.45) is 34.5 Å². The predicted octanol–water partition coefficient (Wildman–Crippen LogP) is 7.87. The lowest BCUT2D eigenvalue weighted by atomic mass is 9.44. The first-order chi connectivity index (χ1) is 37.3. The average molecular weight is 1070 g/mol. The summed E-state index contributed by atoms with van der Waals surface area (Å²) in [6.45, 7) is 7.58. The maximum absolute atomic E-state index is 14.4. The first kappa shape index (κ1) is 57.9. The number of carbonyl (C=O) groups is 8. The molecule has 4 aromatic carbocycles. The Hall–Kier alpha value is -7.76. The van der Waals surface area contributed by atoms with E-state index in [0.29, 0.717) is 49.7 Å². The molecule has 0 aromatic heterocycles. The molecule has 4 N–H and O–H groups in total. The van der Waals surface area contributed by atoms with Gasteiger partial charge in [0.1, 0.15) is 48.9 Å². The second kappa shape index (κ2) is 26.5. The average Bonchev–Trinajstić information content (AvgIpc) is 3.60. The highest BCUT2D eigenvalue weighted by molar-refractivity contribution is 5.91. The van der Waals surface area contributed by atoms with Crippen LogP contribution in [0.4, 0.5) is 9.59 Å². The number of rotatable bonds is 24. The van der Waals surface area contributed by atoms with Gasteiger partial charge in [0, 0.05) is 12.8 Å². The summed E-state index contributed by atoms with van der Waals surface area (Å²) < 4.78 is 32.9. The minimum Gasteiger partial charge on any atom is -0.467 e.